The van der Waals surface area contributed by atoms with Crippen LogP contribution in [0.15, 0.2) is 17.5 Å². The molecule has 0 radical (unpaired) electrons. The van der Waals surface area contributed by atoms with Gasteiger partial charge in [-0.3, -0.25) is 19.4 Å². The minimum absolute atomic E-state index is 0.108. The zero-order chi connectivity index (χ0) is 17.6. The van der Waals surface area contributed by atoms with Crippen LogP contribution in [-0.2, 0) is 16.1 Å². The lowest BCUT2D eigenvalue weighted by molar-refractivity contribution is -0.134. The number of rotatable bonds is 5. The SMILES string of the molecule is CNC(=O)C1CCN(CC(=O)N2CCN(Cc3cccs3)CC2)CC1. The highest BCUT2D eigenvalue weighted by Crippen LogP contribution is 2.18. The molecule has 1 N–H and O–H groups in total. The summed E-state index contributed by atoms with van der Waals surface area (Å²) in [7, 11) is 1.69. The highest BCUT2D eigenvalue weighted by Gasteiger charge is 2.27. The first kappa shape index (κ1) is 18.4. The average molecular weight is 365 g/mol. The minimum Gasteiger partial charge on any atom is -0.359 e. The van der Waals surface area contributed by atoms with Crippen molar-refractivity contribution < 1.29 is 9.59 Å². The second kappa shape index (κ2) is 8.78. The van der Waals surface area contributed by atoms with E-state index in [9.17, 15) is 9.59 Å². The Bertz CT molecular complexity index is 562. The topological polar surface area (TPSA) is 55.9 Å². The van der Waals surface area contributed by atoms with E-state index in [4.69, 9.17) is 0 Å². The van der Waals surface area contributed by atoms with Gasteiger partial charge >= 0.3 is 0 Å². The van der Waals surface area contributed by atoms with Crippen LogP contribution in [0.2, 0.25) is 0 Å². The summed E-state index contributed by atoms with van der Waals surface area (Å²) in [6, 6.07) is 4.26. The van der Waals surface area contributed by atoms with Crippen LogP contribution in [0.1, 0.15) is 17.7 Å². The van der Waals surface area contributed by atoms with Gasteiger partial charge in [0.05, 0.1) is 6.54 Å². The van der Waals surface area contributed by atoms with Crippen molar-refractivity contribution in [3.8, 4) is 0 Å². The van der Waals surface area contributed by atoms with Crippen LogP contribution in [0.3, 0.4) is 0 Å². The van der Waals surface area contributed by atoms with Gasteiger partial charge in [0.2, 0.25) is 11.8 Å². The zero-order valence-corrected chi connectivity index (χ0v) is 15.8. The molecule has 0 aromatic carbocycles. The van der Waals surface area contributed by atoms with Crippen LogP contribution in [0.5, 0.6) is 0 Å². The molecule has 6 nitrogen and oxygen atoms in total. The van der Waals surface area contributed by atoms with Gasteiger partial charge in [0.25, 0.3) is 0 Å². The Balaban J connectivity index is 1.38. The quantitative estimate of drug-likeness (QED) is 0.842. The Labute approximate surface area is 153 Å². The Morgan fingerprint density at radius 3 is 2.44 bits per heavy atom. The first-order chi connectivity index (χ1) is 12.2. The van der Waals surface area contributed by atoms with Crippen LogP contribution in [0.4, 0.5) is 0 Å². The Hall–Kier alpha value is -1.44. The fourth-order valence-electron chi connectivity index (χ4n) is 3.63. The number of hydrogen-bond acceptors (Lipinski definition) is 5. The molecule has 2 aliphatic heterocycles. The van der Waals surface area contributed by atoms with Crippen molar-refractivity contribution in [2.24, 2.45) is 5.92 Å². The Morgan fingerprint density at radius 2 is 1.84 bits per heavy atom. The molecule has 2 amide bonds. The maximum absolute atomic E-state index is 12.6. The number of piperazine rings is 1. The van der Waals surface area contributed by atoms with Gasteiger partial charge in [0.1, 0.15) is 0 Å². The highest BCUT2D eigenvalue weighted by molar-refractivity contribution is 7.09. The molecule has 2 fully saturated rings. The lowest BCUT2D eigenvalue weighted by Crippen LogP contribution is -2.51. The fourth-order valence-corrected chi connectivity index (χ4v) is 4.37. The molecule has 25 heavy (non-hydrogen) atoms. The van der Waals surface area contributed by atoms with Gasteiger partial charge in [-0.15, -0.1) is 11.3 Å². The summed E-state index contributed by atoms with van der Waals surface area (Å²) in [4.78, 5) is 32.2. The maximum Gasteiger partial charge on any atom is 0.236 e. The number of nitrogens with one attached hydrogen (secondary N) is 1. The summed E-state index contributed by atoms with van der Waals surface area (Å²) >= 11 is 1.79. The molecule has 2 aliphatic rings. The molecule has 138 valence electrons. The predicted molar refractivity (Wildman–Crippen MR) is 99.4 cm³/mol. The lowest BCUT2D eigenvalue weighted by atomic mass is 9.96. The van der Waals surface area contributed by atoms with E-state index >= 15 is 0 Å². The summed E-state index contributed by atoms with van der Waals surface area (Å²) in [5.74, 6) is 0.471. The van der Waals surface area contributed by atoms with E-state index in [1.165, 1.54) is 4.88 Å². The van der Waals surface area contributed by atoms with Crippen LogP contribution in [-0.4, -0.2) is 79.4 Å². The van der Waals surface area contributed by atoms with Crippen molar-refractivity contribution in [2.75, 3.05) is 52.9 Å². The number of amides is 2. The van der Waals surface area contributed by atoms with Crippen LogP contribution >= 0.6 is 11.3 Å². The Kier molecular flexibility index (Phi) is 6.45. The first-order valence-corrected chi connectivity index (χ1v) is 10.00. The van der Waals surface area contributed by atoms with E-state index in [1.54, 1.807) is 18.4 Å². The number of piperidine rings is 1. The lowest BCUT2D eigenvalue weighted by Gasteiger charge is -2.36. The molecule has 3 rings (SSSR count). The standard InChI is InChI=1S/C18H28N4O2S/c1-19-18(24)15-4-6-20(7-5-15)14-17(23)22-10-8-21(9-11-22)13-16-3-2-12-25-16/h2-3,12,15H,4-11,13-14H2,1H3,(H,19,24). The summed E-state index contributed by atoms with van der Waals surface area (Å²) < 4.78 is 0. The van der Waals surface area contributed by atoms with Gasteiger partial charge in [-0.25, -0.2) is 0 Å². The van der Waals surface area contributed by atoms with E-state index < -0.39 is 0 Å². The van der Waals surface area contributed by atoms with Crippen molar-refractivity contribution in [3.05, 3.63) is 22.4 Å². The number of carbonyl (C=O) groups is 2. The fraction of sp³-hybridized carbons (Fsp3) is 0.667. The van der Waals surface area contributed by atoms with Crippen LogP contribution in [0, 0.1) is 5.92 Å². The van der Waals surface area contributed by atoms with Gasteiger partial charge in [-0.1, -0.05) is 6.07 Å². The number of nitrogens with zero attached hydrogens (tertiary/aromatic N) is 3. The zero-order valence-electron chi connectivity index (χ0n) is 14.9. The minimum atomic E-state index is 0.108. The first-order valence-electron chi connectivity index (χ1n) is 9.12. The van der Waals surface area contributed by atoms with E-state index in [0.717, 1.165) is 58.7 Å². The van der Waals surface area contributed by atoms with Crippen molar-refractivity contribution in [2.45, 2.75) is 19.4 Å². The number of hydrogen-bond donors (Lipinski definition) is 1. The third-order valence-corrected chi connectivity index (χ3v) is 6.11. The smallest absolute Gasteiger partial charge is 0.236 e. The molecule has 0 spiro atoms. The van der Waals surface area contributed by atoms with E-state index in [0.29, 0.717) is 6.54 Å². The summed E-state index contributed by atoms with van der Waals surface area (Å²) in [5, 5.41) is 4.84. The summed E-state index contributed by atoms with van der Waals surface area (Å²) in [5.41, 5.74) is 0. The van der Waals surface area contributed by atoms with Gasteiger partial charge in [-0.05, 0) is 37.4 Å². The van der Waals surface area contributed by atoms with Crippen LogP contribution < -0.4 is 5.32 Å². The van der Waals surface area contributed by atoms with Crippen molar-refractivity contribution in [1.82, 2.24) is 20.0 Å². The molecule has 0 aliphatic carbocycles. The second-order valence-corrected chi connectivity index (χ2v) is 7.93. The summed E-state index contributed by atoms with van der Waals surface area (Å²) in [6.45, 7) is 6.69. The monoisotopic (exact) mass is 364 g/mol. The molecule has 3 heterocycles. The molecular formula is C18H28N4O2S. The molecular weight excluding hydrogens is 336 g/mol. The Morgan fingerprint density at radius 1 is 1.12 bits per heavy atom. The molecule has 0 unspecified atom stereocenters. The van der Waals surface area contributed by atoms with Gasteiger partial charge in [0, 0.05) is 50.6 Å². The molecule has 2 saturated heterocycles. The van der Waals surface area contributed by atoms with Crippen molar-refractivity contribution in [3.63, 3.8) is 0 Å². The molecule has 1 aromatic heterocycles. The number of carbonyl (C=O) groups excluding carboxylic acids is 2. The third kappa shape index (κ3) is 5.03. The van der Waals surface area contributed by atoms with Gasteiger partial charge in [-0.2, -0.15) is 0 Å². The van der Waals surface area contributed by atoms with Crippen molar-refractivity contribution in [1.29, 1.82) is 0 Å². The predicted octanol–water partition coefficient (Wildman–Crippen LogP) is 0.850. The van der Waals surface area contributed by atoms with Crippen molar-refractivity contribution >= 4 is 23.2 Å². The van der Waals surface area contributed by atoms with Gasteiger partial charge < -0.3 is 10.2 Å². The normalized spacial score (nSPS) is 20.6. The largest absolute Gasteiger partial charge is 0.359 e. The second-order valence-electron chi connectivity index (χ2n) is 6.90. The van der Waals surface area contributed by atoms with Crippen LogP contribution in [0.25, 0.3) is 0 Å². The molecule has 7 heteroatoms. The van der Waals surface area contributed by atoms with Gasteiger partial charge in [0.15, 0.2) is 0 Å². The molecule has 1 aromatic rings. The van der Waals surface area contributed by atoms with E-state index in [1.807, 2.05) is 4.90 Å². The molecule has 0 atom stereocenters. The van der Waals surface area contributed by atoms with E-state index in [-0.39, 0.29) is 17.7 Å². The number of likely N-dealkylation sites (tertiary alicyclic amines) is 1. The van der Waals surface area contributed by atoms with E-state index in [2.05, 4.69) is 32.6 Å². The molecule has 0 bridgehead atoms. The average Bonchev–Trinajstić information content (AvgIpc) is 3.15. The third-order valence-electron chi connectivity index (χ3n) is 5.25. The molecule has 0 saturated carbocycles. The summed E-state index contributed by atoms with van der Waals surface area (Å²) in [6.07, 6.45) is 1.70. The number of thiophene rings is 1. The maximum atomic E-state index is 12.6. The highest BCUT2D eigenvalue weighted by atomic mass is 32.1.